The number of rotatable bonds is 4. The molecule has 3 aromatic rings. The third kappa shape index (κ3) is 15.4. The third-order valence-corrected chi connectivity index (χ3v) is 6.63. The van der Waals surface area contributed by atoms with Crippen LogP contribution in [0.15, 0.2) is 72.4 Å². The molecule has 5 heteroatoms. The van der Waals surface area contributed by atoms with Gasteiger partial charge in [-0.05, 0) is 8.07 Å². The molecule has 0 atom stereocenters. The minimum absolute atomic E-state index is 0. The third-order valence-electron chi connectivity index (χ3n) is 4.03. The van der Waals surface area contributed by atoms with E-state index in [-0.39, 0.29) is 24.8 Å². The summed E-state index contributed by atoms with van der Waals surface area (Å²) in [6, 6.07) is 20.5. The summed E-state index contributed by atoms with van der Waals surface area (Å²) in [6.45, 7) is 18.4. The van der Waals surface area contributed by atoms with Crippen LogP contribution in [0.4, 0.5) is 0 Å². The van der Waals surface area contributed by atoms with Crippen molar-refractivity contribution in [2.24, 2.45) is 0 Å². The molecule has 0 aliphatic rings. The molecule has 32 heavy (non-hydrogen) atoms. The summed E-state index contributed by atoms with van der Waals surface area (Å²) in [5, 5.41) is 5.39. The van der Waals surface area contributed by atoms with E-state index in [0.717, 1.165) is 0 Å². The molecule has 0 bridgehead atoms. The Labute approximate surface area is 226 Å². The molecular formula is C27H38Cl2Si2Zr-2. The predicted molar refractivity (Wildman–Crippen MR) is 142 cm³/mol. The van der Waals surface area contributed by atoms with Gasteiger partial charge in [-0.2, -0.15) is 6.08 Å². The van der Waals surface area contributed by atoms with Crippen LogP contribution in [0.2, 0.25) is 45.3 Å². The Hall–Kier alpha value is -0.443. The number of halogens is 2. The first-order valence-electron chi connectivity index (χ1n) is 10.7. The van der Waals surface area contributed by atoms with Gasteiger partial charge in [0.25, 0.3) is 0 Å². The van der Waals surface area contributed by atoms with Crippen LogP contribution in [-0.2, 0) is 24.2 Å². The summed E-state index contributed by atoms with van der Waals surface area (Å²) in [4.78, 5) is 0. The maximum Gasteiger partial charge on any atom is 0.0465 e. The van der Waals surface area contributed by atoms with Gasteiger partial charge in [0.1, 0.15) is 0 Å². The van der Waals surface area contributed by atoms with Crippen molar-refractivity contribution in [3.05, 3.63) is 78.5 Å². The Morgan fingerprint density at radius 1 is 0.844 bits per heavy atom. The van der Waals surface area contributed by atoms with Gasteiger partial charge in [-0.1, -0.05) is 81.7 Å². The Kier molecular flexibility index (Phi) is 17.1. The van der Waals surface area contributed by atoms with E-state index in [1.54, 1.807) is 24.2 Å². The van der Waals surface area contributed by atoms with Crippen molar-refractivity contribution in [3.63, 3.8) is 0 Å². The van der Waals surface area contributed by atoms with Crippen LogP contribution in [0.3, 0.4) is 0 Å². The second-order valence-corrected chi connectivity index (χ2v) is 23.2. The van der Waals surface area contributed by atoms with Gasteiger partial charge >= 0.3 is 41.3 Å². The fourth-order valence-corrected chi connectivity index (χ4v) is 3.96. The zero-order chi connectivity index (χ0) is 22.8. The molecule has 0 unspecified atom stereocenters. The average Bonchev–Trinajstić information content (AvgIpc) is 2.98. The van der Waals surface area contributed by atoms with Crippen LogP contribution >= 0.6 is 0 Å². The monoisotopic (exact) mass is 578 g/mol. The van der Waals surface area contributed by atoms with E-state index in [0.29, 0.717) is 0 Å². The van der Waals surface area contributed by atoms with Gasteiger partial charge in [0, 0.05) is 8.07 Å². The summed E-state index contributed by atoms with van der Waals surface area (Å²) in [7, 11) is -1.90. The summed E-state index contributed by atoms with van der Waals surface area (Å²) in [5.41, 5.74) is 2.33. The molecule has 3 rings (SSSR count). The molecule has 0 aromatic heterocycles. The molecule has 0 aliphatic carbocycles. The maximum atomic E-state index is 3.26. The van der Waals surface area contributed by atoms with Crippen LogP contribution in [0.5, 0.6) is 0 Å². The van der Waals surface area contributed by atoms with Gasteiger partial charge < -0.3 is 24.8 Å². The molecule has 0 heterocycles. The van der Waals surface area contributed by atoms with Crippen molar-refractivity contribution in [2.75, 3.05) is 0 Å². The van der Waals surface area contributed by atoms with Gasteiger partial charge in [0.05, 0.1) is 0 Å². The van der Waals surface area contributed by atoms with E-state index in [2.05, 4.69) is 132 Å². The van der Waals surface area contributed by atoms with Gasteiger partial charge in [-0.25, -0.2) is 11.8 Å². The van der Waals surface area contributed by atoms with E-state index in [9.17, 15) is 0 Å². The number of allylic oxidation sites excluding steroid dienone is 3. The summed E-state index contributed by atoms with van der Waals surface area (Å²) in [6.07, 6.45) is 7.56. The standard InChI is InChI=1S/C13H9.C11H23Si2.C3H6.2ClH.Zr/c1-3-7-12-10(5-1)9-11-6-2-4-8-13(11)12;1-12(2,3)10-8-7-9-11-13(4,5)6;1-3-2;;;/h1-9H;8-10H,11H2,1-6H3;1-2H3;2*1H;/q2*-1;;;;+2/p-2. The molecule has 0 amide bonds. The first kappa shape index (κ1) is 33.7. The molecule has 174 valence electrons. The second kappa shape index (κ2) is 16.2. The topological polar surface area (TPSA) is 0 Å². The van der Waals surface area contributed by atoms with E-state index in [4.69, 9.17) is 0 Å². The van der Waals surface area contributed by atoms with Gasteiger partial charge in [0.15, 0.2) is 0 Å². The molecule has 0 radical (unpaired) electrons. The van der Waals surface area contributed by atoms with E-state index in [1.807, 2.05) is 0 Å². The molecule has 0 N–H and O–H groups in total. The largest absolute Gasteiger partial charge is 1.00 e. The Balaban J connectivity index is 0. The molecule has 0 saturated heterocycles. The minimum atomic E-state index is -1.00. The predicted octanol–water partition coefficient (Wildman–Crippen LogP) is 2.58. The molecule has 3 aromatic carbocycles. The Bertz CT molecular complexity index is 936. The van der Waals surface area contributed by atoms with Gasteiger partial charge in [-0.3, -0.25) is 6.08 Å². The fraction of sp³-hybridized carbons (Fsp3) is 0.333. The van der Waals surface area contributed by atoms with Gasteiger partial charge in [-0.15, -0.1) is 39.7 Å². The number of fused-ring (bicyclic) bond motifs is 3. The summed E-state index contributed by atoms with van der Waals surface area (Å²) >= 11 is 1.55. The first-order valence-corrected chi connectivity index (χ1v) is 19.2. The Morgan fingerprint density at radius 2 is 1.25 bits per heavy atom. The maximum absolute atomic E-state index is 3.26. The van der Waals surface area contributed by atoms with Crippen molar-refractivity contribution >= 4 is 40.9 Å². The fourth-order valence-electron chi connectivity index (χ4n) is 2.64. The smallest absolute Gasteiger partial charge is 0.0465 e. The van der Waals surface area contributed by atoms with Crippen molar-refractivity contribution in [1.29, 1.82) is 0 Å². The van der Waals surface area contributed by atoms with Crippen molar-refractivity contribution < 1.29 is 49.0 Å². The molecular weight excluding hydrogens is 543 g/mol. The van der Waals surface area contributed by atoms with Crippen LogP contribution in [0, 0.1) is 6.08 Å². The van der Waals surface area contributed by atoms with E-state index >= 15 is 0 Å². The minimum Gasteiger partial charge on any atom is -1.00 e. The number of hydrogen-bond donors (Lipinski definition) is 0. The summed E-state index contributed by atoms with van der Waals surface area (Å²) < 4.78 is 1.51. The van der Waals surface area contributed by atoms with Crippen LogP contribution in [0.25, 0.3) is 21.5 Å². The SMILES string of the molecule is C[C](C)=[Zr+2].C[Si](C)(C)C=C[C-]=CC[Si](C)(C)C.[Cl-].[Cl-].c1ccc2c(c1)[cH-]c1ccccc12. The molecule has 0 aliphatic heterocycles. The number of benzene rings is 2. The van der Waals surface area contributed by atoms with E-state index < -0.39 is 16.1 Å². The molecule has 0 nitrogen and oxygen atoms in total. The zero-order valence-electron chi connectivity index (χ0n) is 20.9. The molecule has 0 spiro atoms. The second-order valence-electron chi connectivity index (χ2n) is 10.2. The van der Waals surface area contributed by atoms with Crippen LogP contribution in [0.1, 0.15) is 13.8 Å². The van der Waals surface area contributed by atoms with Crippen molar-refractivity contribution in [2.45, 2.75) is 59.2 Å². The van der Waals surface area contributed by atoms with Crippen molar-refractivity contribution in [3.8, 4) is 0 Å². The van der Waals surface area contributed by atoms with Crippen LogP contribution < -0.4 is 24.8 Å². The zero-order valence-corrected chi connectivity index (χ0v) is 26.9. The number of hydrogen-bond acceptors (Lipinski definition) is 0. The quantitative estimate of drug-likeness (QED) is 0.253. The summed E-state index contributed by atoms with van der Waals surface area (Å²) in [5.74, 6) is 0. The van der Waals surface area contributed by atoms with E-state index in [1.165, 1.54) is 30.8 Å². The van der Waals surface area contributed by atoms with Gasteiger partial charge in [0.2, 0.25) is 0 Å². The van der Waals surface area contributed by atoms with Crippen molar-refractivity contribution in [1.82, 2.24) is 0 Å². The van der Waals surface area contributed by atoms with Crippen LogP contribution in [-0.4, -0.2) is 19.4 Å². The molecule has 0 fully saturated rings. The Morgan fingerprint density at radius 3 is 1.62 bits per heavy atom. The first-order chi connectivity index (χ1) is 13.9. The average molecular weight is 581 g/mol. The molecule has 0 saturated carbocycles. The normalized spacial score (nSPS) is 11.3.